The molecule has 2 aromatic carbocycles. The molecule has 0 spiro atoms. The molecular formula is C14H10FN3O. The molecule has 1 aromatic heterocycles. The number of nitrogens with zero attached hydrogens (tertiary/aromatic N) is 3. The first-order valence-corrected chi connectivity index (χ1v) is 5.70. The second-order valence-corrected chi connectivity index (χ2v) is 4.08. The van der Waals surface area contributed by atoms with E-state index in [9.17, 15) is 9.50 Å². The average molecular weight is 255 g/mol. The Labute approximate surface area is 108 Å². The lowest BCUT2D eigenvalue weighted by atomic mass is 10.2. The molecule has 1 N–H and O–H groups in total. The van der Waals surface area contributed by atoms with E-state index in [-0.39, 0.29) is 11.6 Å². The van der Waals surface area contributed by atoms with Crippen molar-refractivity contribution in [2.24, 2.45) is 0 Å². The first-order chi connectivity index (χ1) is 9.22. The summed E-state index contributed by atoms with van der Waals surface area (Å²) in [5.74, 6) is -0.120. The Morgan fingerprint density at radius 3 is 2.58 bits per heavy atom. The molecule has 3 rings (SSSR count). The van der Waals surface area contributed by atoms with Crippen molar-refractivity contribution in [2.75, 3.05) is 0 Å². The molecular weight excluding hydrogens is 245 g/mol. The molecule has 5 heteroatoms. The van der Waals surface area contributed by atoms with Gasteiger partial charge < -0.3 is 5.11 Å². The molecule has 0 saturated carbocycles. The highest BCUT2D eigenvalue weighted by Crippen LogP contribution is 2.19. The summed E-state index contributed by atoms with van der Waals surface area (Å²) >= 11 is 0. The molecule has 0 bridgehead atoms. The summed E-state index contributed by atoms with van der Waals surface area (Å²) in [7, 11) is 0. The molecule has 0 aliphatic heterocycles. The van der Waals surface area contributed by atoms with Crippen LogP contribution in [-0.2, 0) is 0 Å². The summed E-state index contributed by atoms with van der Waals surface area (Å²) in [5, 5.41) is 17.2. The number of hydrogen-bond acceptors (Lipinski definition) is 3. The van der Waals surface area contributed by atoms with Gasteiger partial charge in [0.1, 0.15) is 17.3 Å². The van der Waals surface area contributed by atoms with Crippen LogP contribution in [0.3, 0.4) is 0 Å². The van der Waals surface area contributed by atoms with Gasteiger partial charge in [-0.1, -0.05) is 17.3 Å². The standard InChI is InChI=1S/C14H10FN3O/c15-11-3-1-2-10(8-11)14-9-18(17-16-14)12-4-6-13(19)7-5-12/h1-9,19H. The Morgan fingerprint density at radius 2 is 1.84 bits per heavy atom. The monoisotopic (exact) mass is 255 g/mol. The summed E-state index contributed by atoms with van der Waals surface area (Å²) in [6, 6.07) is 12.8. The largest absolute Gasteiger partial charge is 0.508 e. The van der Waals surface area contributed by atoms with E-state index in [0.717, 1.165) is 5.69 Å². The third-order valence-electron chi connectivity index (χ3n) is 2.73. The molecule has 0 atom stereocenters. The van der Waals surface area contributed by atoms with E-state index < -0.39 is 0 Å². The Kier molecular flexibility index (Phi) is 2.72. The van der Waals surface area contributed by atoms with Crippen molar-refractivity contribution in [3.63, 3.8) is 0 Å². The van der Waals surface area contributed by atoms with Crippen molar-refractivity contribution < 1.29 is 9.50 Å². The molecule has 0 aliphatic carbocycles. The van der Waals surface area contributed by atoms with Gasteiger partial charge in [-0.2, -0.15) is 0 Å². The highest BCUT2D eigenvalue weighted by atomic mass is 19.1. The van der Waals surface area contributed by atoms with Crippen LogP contribution in [0, 0.1) is 5.82 Å². The highest BCUT2D eigenvalue weighted by molar-refractivity contribution is 5.58. The van der Waals surface area contributed by atoms with Crippen molar-refractivity contribution in [2.45, 2.75) is 0 Å². The molecule has 19 heavy (non-hydrogen) atoms. The van der Waals surface area contributed by atoms with Gasteiger partial charge in [0, 0.05) is 5.56 Å². The molecule has 0 unspecified atom stereocenters. The Hall–Kier alpha value is -2.69. The molecule has 0 aliphatic rings. The molecule has 0 amide bonds. The lowest BCUT2D eigenvalue weighted by molar-refractivity contribution is 0.475. The number of phenols is 1. The zero-order chi connectivity index (χ0) is 13.2. The van der Waals surface area contributed by atoms with E-state index in [1.165, 1.54) is 12.1 Å². The van der Waals surface area contributed by atoms with Gasteiger partial charge in [-0.3, -0.25) is 0 Å². The van der Waals surface area contributed by atoms with Gasteiger partial charge in [0.2, 0.25) is 0 Å². The van der Waals surface area contributed by atoms with Gasteiger partial charge in [0.05, 0.1) is 11.9 Å². The zero-order valence-corrected chi connectivity index (χ0v) is 9.86. The van der Waals surface area contributed by atoms with Crippen LogP contribution >= 0.6 is 0 Å². The summed E-state index contributed by atoms with van der Waals surface area (Å²) in [4.78, 5) is 0. The van der Waals surface area contributed by atoms with E-state index in [4.69, 9.17) is 0 Å². The molecule has 0 radical (unpaired) electrons. The maximum Gasteiger partial charge on any atom is 0.123 e. The number of halogens is 1. The summed E-state index contributed by atoms with van der Waals surface area (Å²) in [6.07, 6.45) is 1.71. The number of phenolic OH excluding ortho intramolecular Hbond substituents is 1. The lowest BCUT2D eigenvalue weighted by Crippen LogP contribution is -1.93. The van der Waals surface area contributed by atoms with Crippen molar-refractivity contribution in [3.8, 4) is 22.7 Å². The Bertz CT molecular complexity index is 707. The van der Waals surface area contributed by atoms with Crippen molar-refractivity contribution in [1.29, 1.82) is 0 Å². The minimum atomic E-state index is -0.309. The predicted molar refractivity (Wildman–Crippen MR) is 68.4 cm³/mol. The second kappa shape index (κ2) is 4.53. The van der Waals surface area contributed by atoms with Gasteiger partial charge in [-0.05, 0) is 36.4 Å². The van der Waals surface area contributed by atoms with Crippen molar-refractivity contribution in [1.82, 2.24) is 15.0 Å². The van der Waals surface area contributed by atoms with Crippen LogP contribution in [0.25, 0.3) is 16.9 Å². The fourth-order valence-corrected chi connectivity index (χ4v) is 1.78. The second-order valence-electron chi connectivity index (χ2n) is 4.08. The fourth-order valence-electron chi connectivity index (χ4n) is 1.78. The van der Waals surface area contributed by atoms with Crippen LogP contribution in [0.2, 0.25) is 0 Å². The van der Waals surface area contributed by atoms with Crippen LogP contribution in [0.4, 0.5) is 4.39 Å². The fraction of sp³-hybridized carbons (Fsp3) is 0. The zero-order valence-electron chi connectivity index (χ0n) is 9.86. The molecule has 0 saturated heterocycles. The molecule has 94 valence electrons. The van der Waals surface area contributed by atoms with Gasteiger partial charge in [0.25, 0.3) is 0 Å². The van der Waals surface area contributed by atoms with Crippen LogP contribution in [-0.4, -0.2) is 20.1 Å². The number of aromatic nitrogens is 3. The third kappa shape index (κ3) is 2.30. The number of benzene rings is 2. The number of aromatic hydroxyl groups is 1. The first-order valence-electron chi connectivity index (χ1n) is 5.70. The van der Waals surface area contributed by atoms with E-state index in [1.807, 2.05) is 0 Å². The first kappa shape index (κ1) is 11.4. The van der Waals surface area contributed by atoms with E-state index in [0.29, 0.717) is 11.3 Å². The van der Waals surface area contributed by atoms with E-state index in [1.54, 1.807) is 47.3 Å². The smallest absolute Gasteiger partial charge is 0.123 e. The summed E-state index contributed by atoms with van der Waals surface area (Å²) in [6.45, 7) is 0. The lowest BCUT2D eigenvalue weighted by Gasteiger charge is -1.99. The minimum Gasteiger partial charge on any atom is -0.508 e. The average Bonchev–Trinajstić information content (AvgIpc) is 2.89. The topological polar surface area (TPSA) is 50.9 Å². The van der Waals surface area contributed by atoms with Crippen molar-refractivity contribution in [3.05, 3.63) is 60.5 Å². The predicted octanol–water partition coefficient (Wildman–Crippen LogP) is 2.78. The third-order valence-corrected chi connectivity index (χ3v) is 2.73. The van der Waals surface area contributed by atoms with Gasteiger partial charge in [-0.25, -0.2) is 9.07 Å². The summed E-state index contributed by atoms with van der Waals surface area (Å²) < 4.78 is 14.7. The number of hydrogen-bond donors (Lipinski definition) is 1. The molecule has 4 nitrogen and oxygen atoms in total. The molecule has 1 heterocycles. The Morgan fingerprint density at radius 1 is 1.05 bits per heavy atom. The number of rotatable bonds is 2. The van der Waals surface area contributed by atoms with E-state index in [2.05, 4.69) is 10.3 Å². The molecule has 0 fully saturated rings. The van der Waals surface area contributed by atoms with Crippen LogP contribution < -0.4 is 0 Å². The SMILES string of the molecule is Oc1ccc(-n2cc(-c3cccc(F)c3)nn2)cc1. The molecule has 3 aromatic rings. The van der Waals surface area contributed by atoms with Gasteiger partial charge in [-0.15, -0.1) is 5.10 Å². The summed E-state index contributed by atoms with van der Waals surface area (Å²) in [5.41, 5.74) is 2.03. The maximum absolute atomic E-state index is 13.1. The van der Waals surface area contributed by atoms with Crippen LogP contribution in [0.5, 0.6) is 5.75 Å². The minimum absolute atomic E-state index is 0.189. The Balaban J connectivity index is 1.97. The van der Waals surface area contributed by atoms with Gasteiger partial charge in [0.15, 0.2) is 0 Å². The van der Waals surface area contributed by atoms with Crippen molar-refractivity contribution >= 4 is 0 Å². The quantitative estimate of drug-likeness (QED) is 0.766. The maximum atomic E-state index is 13.1. The van der Waals surface area contributed by atoms with Crippen LogP contribution in [0.1, 0.15) is 0 Å². The normalized spacial score (nSPS) is 10.6. The highest BCUT2D eigenvalue weighted by Gasteiger charge is 2.06. The van der Waals surface area contributed by atoms with Gasteiger partial charge >= 0.3 is 0 Å². The van der Waals surface area contributed by atoms with Crippen LogP contribution in [0.15, 0.2) is 54.7 Å². The van der Waals surface area contributed by atoms with E-state index >= 15 is 0 Å².